The SMILES string of the molecule is CC(=O)Nc1ccc(C)cc1NC(=O)c1ccc(-n2ccc(C(F)(F)F)n2)cc1. The van der Waals surface area contributed by atoms with Gasteiger partial charge in [0.2, 0.25) is 5.91 Å². The van der Waals surface area contributed by atoms with Crippen molar-refractivity contribution >= 4 is 23.2 Å². The standard InChI is InChI=1S/C20H17F3N4O2/c1-12-3-8-16(24-13(2)28)17(11-12)25-19(29)14-4-6-15(7-5-14)27-10-9-18(26-27)20(21,22)23/h3-11H,1-2H3,(H,24,28)(H,25,29). The van der Waals surface area contributed by atoms with Gasteiger partial charge in [-0.3, -0.25) is 9.59 Å². The smallest absolute Gasteiger partial charge is 0.325 e. The number of aryl methyl sites for hydroxylation is 1. The van der Waals surface area contributed by atoms with Crippen LogP contribution < -0.4 is 10.6 Å². The van der Waals surface area contributed by atoms with Crippen LogP contribution in [0.15, 0.2) is 54.7 Å². The molecule has 0 saturated heterocycles. The number of carbonyl (C=O) groups excluding carboxylic acids is 2. The number of halogens is 3. The number of aromatic nitrogens is 2. The van der Waals surface area contributed by atoms with Gasteiger partial charge < -0.3 is 10.6 Å². The summed E-state index contributed by atoms with van der Waals surface area (Å²) in [6, 6.07) is 12.0. The Morgan fingerprint density at radius 1 is 0.966 bits per heavy atom. The molecule has 0 aliphatic carbocycles. The summed E-state index contributed by atoms with van der Waals surface area (Å²) in [5, 5.41) is 8.87. The van der Waals surface area contributed by atoms with Gasteiger partial charge in [0.1, 0.15) is 0 Å². The minimum Gasteiger partial charge on any atom is -0.325 e. The number of hydrogen-bond donors (Lipinski definition) is 2. The summed E-state index contributed by atoms with van der Waals surface area (Å²) in [6.45, 7) is 3.21. The fourth-order valence-electron chi connectivity index (χ4n) is 2.64. The molecule has 1 aromatic heterocycles. The highest BCUT2D eigenvalue weighted by atomic mass is 19.4. The molecule has 3 aromatic rings. The Morgan fingerprint density at radius 3 is 2.24 bits per heavy atom. The van der Waals surface area contributed by atoms with Crippen LogP contribution in [-0.2, 0) is 11.0 Å². The highest BCUT2D eigenvalue weighted by Gasteiger charge is 2.33. The number of anilines is 2. The molecule has 2 N–H and O–H groups in total. The first-order valence-electron chi connectivity index (χ1n) is 8.56. The summed E-state index contributed by atoms with van der Waals surface area (Å²) in [4.78, 5) is 23.9. The summed E-state index contributed by atoms with van der Waals surface area (Å²) < 4.78 is 39.1. The lowest BCUT2D eigenvalue weighted by Crippen LogP contribution is -2.15. The van der Waals surface area contributed by atoms with Crippen molar-refractivity contribution in [3.05, 3.63) is 71.5 Å². The van der Waals surface area contributed by atoms with Crippen molar-refractivity contribution in [1.82, 2.24) is 9.78 Å². The molecule has 0 bridgehead atoms. The van der Waals surface area contributed by atoms with E-state index in [1.807, 2.05) is 6.92 Å². The first-order valence-corrected chi connectivity index (χ1v) is 8.56. The van der Waals surface area contributed by atoms with Crippen LogP contribution in [0.5, 0.6) is 0 Å². The van der Waals surface area contributed by atoms with E-state index in [0.717, 1.165) is 16.3 Å². The van der Waals surface area contributed by atoms with E-state index < -0.39 is 17.8 Å². The number of nitrogens with zero attached hydrogens (tertiary/aromatic N) is 2. The Balaban J connectivity index is 1.79. The van der Waals surface area contributed by atoms with E-state index in [1.54, 1.807) is 18.2 Å². The van der Waals surface area contributed by atoms with Crippen molar-refractivity contribution in [3.63, 3.8) is 0 Å². The summed E-state index contributed by atoms with van der Waals surface area (Å²) >= 11 is 0. The lowest BCUT2D eigenvalue weighted by Gasteiger charge is -2.13. The zero-order chi connectivity index (χ0) is 21.2. The van der Waals surface area contributed by atoms with Gasteiger partial charge in [-0.25, -0.2) is 4.68 Å². The molecule has 0 aliphatic heterocycles. The maximum atomic E-state index is 12.7. The second-order valence-corrected chi connectivity index (χ2v) is 6.37. The largest absolute Gasteiger partial charge is 0.435 e. The number of nitrogens with one attached hydrogen (secondary N) is 2. The molecule has 2 aromatic carbocycles. The van der Waals surface area contributed by atoms with Gasteiger partial charge in [0.15, 0.2) is 5.69 Å². The van der Waals surface area contributed by atoms with Crippen LogP contribution in [0.25, 0.3) is 5.69 Å². The highest BCUT2D eigenvalue weighted by molar-refractivity contribution is 6.07. The Bertz CT molecular complexity index is 1060. The maximum Gasteiger partial charge on any atom is 0.435 e. The molecule has 3 rings (SSSR count). The van der Waals surface area contributed by atoms with Gasteiger partial charge in [-0.15, -0.1) is 0 Å². The number of hydrogen-bond acceptors (Lipinski definition) is 3. The number of rotatable bonds is 4. The number of amides is 2. The van der Waals surface area contributed by atoms with Crippen LogP contribution in [-0.4, -0.2) is 21.6 Å². The molecule has 150 valence electrons. The van der Waals surface area contributed by atoms with E-state index in [-0.39, 0.29) is 5.91 Å². The summed E-state index contributed by atoms with van der Waals surface area (Å²) in [6.07, 6.45) is -3.32. The summed E-state index contributed by atoms with van der Waals surface area (Å²) in [7, 11) is 0. The highest BCUT2D eigenvalue weighted by Crippen LogP contribution is 2.28. The Labute approximate surface area is 164 Å². The van der Waals surface area contributed by atoms with Crippen LogP contribution in [0.1, 0.15) is 28.5 Å². The van der Waals surface area contributed by atoms with Crippen LogP contribution >= 0.6 is 0 Å². The third-order valence-corrected chi connectivity index (χ3v) is 4.01. The molecule has 0 aliphatic rings. The third kappa shape index (κ3) is 4.81. The molecular weight excluding hydrogens is 385 g/mol. The summed E-state index contributed by atoms with van der Waals surface area (Å²) in [5.74, 6) is -0.698. The Kier molecular flexibility index (Phi) is 5.40. The lowest BCUT2D eigenvalue weighted by molar-refractivity contribution is -0.141. The van der Waals surface area contributed by atoms with Crippen molar-refractivity contribution in [1.29, 1.82) is 0 Å². The monoisotopic (exact) mass is 402 g/mol. The average Bonchev–Trinajstić information content (AvgIpc) is 3.14. The number of alkyl halides is 3. The van der Waals surface area contributed by atoms with E-state index in [0.29, 0.717) is 22.6 Å². The predicted octanol–water partition coefficient (Wildman–Crippen LogP) is 4.41. The van der Waals surface area contributed by atoms with Gasteiger partial charge in [0, 0.05) is 18.7 Å². The van der Waals surface area contributed by atoms with Crippen LogP contribution in [0.4, 0.5) is 24.5 Å². The van der Waals surface area contributed by atoms with E-state index in [2.05, 4.69) is 15.7 Å². The van der Waals surface area contributed by atoms with E-state index in [4.69, 9.17) is 0 Å². The van der Waals surface area contributed by atoms with Gasteiger partial charge in [-0.2, -0.15) is 18.3 Å². The quantitative estimate of drug-likeness (QED) is 0.679. The molecule has 0 saturated carbocycles. The molecule has 6 nitrogen and oxygen atoms in total. The molecule has 2 amide bonds. The number of carbonyl (C=O) groups is 2. The molecule has 0 fully saturated rings. The normalized spacial score (nSPS) is 11.2. The number of benzene rings is 2. The van der Waals surface area contributed by atoms with Crippen molar-refractivity contribution in [2.45, 2.75) is 20.0 Å². The fraction of sp³-hybridized carbons (Fsp3) is 0.150. The molecule has 0 spiro atoms. The zero-order valence-corrected chi connectivity index (χ0v) is 15.5. The van der Waals surface area contributed by atoms with E-state index >= 15 is 0 Å². The van der Waals surface area contributed by atoms with Crippen LogP contribution in [0, 0.1) is 6.92 Å². The molecule has 0 atom stereocenters. The molecule has 0 unspecified atom stereocenters. The first kappa shape index (κ1) is 20.1. The minimum absolute atomic E-state index is 0.272. The second kappa shape index (κ2) is 7.78. The van der Waals surface area contributed by atoms with Gasteiger partial charge in [-0.05, 0) is 55.0 Å². The predicted molar refractivity (Wildman–Crippen MR) is 102 cm³/mol. The van der Waals surface area contributed by atoms with Gasteiger partial charge in [0.25, 0.3) is 5.91 Å². The van der Waals surface area contributed by atoms with Crippen LogP contribution in [0.3, 0.4) is 0 Å². The van der Waals surface area contributed by atoms with Gasteiger partial charge in [0.05, 0.1) is 17.1 Å². The van der Waals surface area contributed by atoms with Crippen molar-refractivity contribution in [3.8, 4) is 5.69 Å². The fourth-order valence-corrected chi connectivity index (χ4v) is 2.64. The molecular formula is C20H17F3N4O2. The summed E-state index contributed by atoms with van der Waals surface area (Å²) in [5.41, 5.74) is 1.48. The Hall–Kier alpha value is -3.62. The molecule has 9 heteroatoms. The topological polar surface area (TPSA) is 76.0 Å². The first-order chi connectivity index (χ1) is 13.6. The van der Waals surface area contributed by atoms with Gasteiger partial charge in [-0.1, -0.05) is 6.07 Å². The average molecular weight is 402 g/mol. The molecule has 1 heterocycles. The van der Waals surface area contributed by atoms with Crippen molar-refractivity contribution in [2.75, 3.05) is 10.6 Å². The Morgan fingerprint density at radius 2 is 1.66 bits per heavy atom. The minimum atomic E-state index is -4.52. The maximum absolute atomic E-state index is 12.7. The van der Waals surface area contributed by atoms with Gasteiger partial charge >= 0.3 is 6.18 Å². The lowest BCUT2D eigenvalue weighted by atomic mass is 10.1. The molecule has 29 heavy (non-hydrogen) atoms. The van der Waals surface area contributed by atoms with Crippen LogP contribution in [0.2, 0.25) is 0 Å². The zero-order valence-electron chi connectivity index (χ0n) is 15.5. The van der Waals surface area contributed by atoms with Crippen molar-refractivity contribution < 1.29 is 22.8 Å². The van der Waals surface area contributed by atoms with E-state index in [1.165, 1.54) is 37.4 Å². The van der Waals surface area contributed by atoms with E-state index in [9.17, 15) is 22.8 Å². The van der Waals surface area contributed by atoms with Crippen molar-refractivity contribution in [2.24, 2.45) is 0 Å². The molecule has 0 radical (unpaired) electrons. The second-order valence-electron chi connectivity index (χ2n) is 6.37. The third-order valence-electron chi connectivity index (χ3n) is 4.01.